The average Bonchev–Trinajstić information content (AvgIpc) is 2.87. The van der Waals surface area contributed by atoms with Crippen molar-refractivity contribution in [2.24, 2.45) is 0 Å². The van der Waals surface area contributed by atoms with Gasteiger partial charge in [-0.25, -0.2) is 8.78 Å². The second kappa shape index (κ2) is 11.6. The summed E-state index contributed by atoms with van der Waals surface area (Å²) < 4.78 is 27.1. The van der Waals surface area contributed by atoms with Gasteiger partial charge in [0.25, 0.3) is 0 Å². The van der Waals surface area contributed by atoms with Crippen LogP contribution < -0.4 is 0 Å². The van der Waals surface area contributed by atoms with Crippen molar-refractivity contribution in [2.45, 2.75) is 51.2 Å². The van der Waals surface area contributed by atoms with E-state index in [9.17, 15) is 13.9 Å². The highest BCUT2D eigenvalue weighted by molar-refractivity contribution is 5.32. The molecule has 3 aromatic carbocycles. The Hall–Kier alpha value is -2.60. The topological polar surface area (TPSA) is 26.7 Å². The molecule has 1 aliphatic rings. The van der Waals surface area contributed by atoms with E-state index in [4.69, 9.17) is 0 Å². The van der Waals surface area contributed by atoms with Crippen LogP contribution in [0.4, 0.5) is 8.78 Å². The van der Waals surface area contributed by atoms with Crippen LogP contribution in [0.1, 0.15) is 68.0 Å². The summed E-state index contributed by atoms with van der Waals surface area (Å²) in [7, 11) is 0. The summed E-state index contributed by atoms with van der Waals surface area (Å²) in [5.41, 5.74) is 4.39. The van der Waals surface area contributed by atoms with Gasteiger partial charge in [-0.05, 0) is 71.3 Å². The first kappa shape index (κ1) is 26.5. The molecule has 0 saturated carbocycles. The Kier molecular flexibility index (Phi) is 8.55. The highest BCUT2D eigenvalue weighted by Gasteiger charge is 2.26. The second-order valence-corrected chi connectivity index (χ2v) is 10.9. The molecule has 0 bridgehead atoms. The molecule has 5 heteroatoms. The standard InChI is InChI=1S/C31H38F2N2O/c1-31(2,3)26-12-6-23(7-13-26)29(36)5-4-18-34-19-21-35(22-20-34)30(24-8-14-27(32)15-9-24)25-10-16-28(33)17-11-25/h6-17,29-30,36H,4-5,18-22H2,1-3H3. The van der Waals surface area contributed by atoms with Gasteiger partial charge in [0.05, 0.1) is 12.1 Å². The van der Waals surface area contributed by atoms with E-state index in [2.05, 4.69) is 54.8 Å². The molecular formula is C31H38F2N2O. The van der Waals surface area contributed by atoms with Gasteiger partial charge in [-0.15, -0.1) is 0 Å². The van der Waals surface area contributed by atoms with E-state index < -0.39 is 6.10 Å². The van der Waals surface area contributed by atoms with E-state index >= 15 is 0 Å². The fourth-order valence-corrected chi connectivity index (χ4v) is 5.03. The lowest BCUT2D eigenvalue weighted by molar-refractivity contribution is 0.101. The fraction of sp³-hybridized carbons (Fsp3) is 0.419. The van der Waals surface area contributed by atoms with Gasteiger partial charge in [-0.1, -0.05) is 69.3 Å². The van der Waals surface area contributed by atoms with Gasteiger partial charge in [-0.3, -0.25) is 4.90 Å². The molecule has 36 heavy (non-hydrogen) atoms. The molecule has 3 aromatic rings. The molecule has 0 aromatic heterocycles. The zero-order valence-electron chi connectivity index (χ0n) is 21.6. The van der Waals surface area contributed by atoms with E-state index in [0.29, 0.717) is 0 Å². The summed E-state index contributed by atoms with van der Waals surface area (Å²) in [4.78, 5) is 4.83. The highest BCUT2D eigenvalue weighted by atomic mass is 19.1. The monoisotopic (exact) mass is 492 g/mol. The largest absolute Gasteiger partial charge is 0.388 e. The molecule has 1 N–H and O–H groups in total. The van der Waals surface area contributed by atoms with E-state index in [1.54, 1.807) is 0 Å². The van der Waals surface area contributed by atoms with E-state index in [1.165, 1.54) is 29.8 Å². The van der Waals surface area contributed by atoms with Crippen LogP contribution in [0, 0.1) is 11.6 Å². The number of aliphatic hydroxyl groups excluding tert-OH is 1. The Morgan fingerprint density at radius 1 is 0.722 bits per heavy atom. The van der Waals surface area contributed by atoms with E-state index in [0.717, 1.165) is 62.3 Å². The van der Waals surface area contributed by atoms with Crippen molar-refractivity contribution in [1.29, 1.82) is 0 Å². The van der Waals surface area contributed by atoms with Gasteiger partial charge in [0.2, 0.25) is 0 Å². The summed E-state index contributed by atoms with van der Waals surface area (Å²) >= 11 is 0. The van der Waals surface area contributed by atoms with Crippen molar-refractivity contribution >= 4 is 0 Å². The molecule has 0 amide bonds. The van der Waals surface area contributed by atoms with Gasteiger partial charge in [0.15, 0.2) is 0 Å². The number of piperazine rings is 1. The Bertz CT molecular complexity index is 1040. The van der Waals surface area contributed by atoms with Crippen LogP contribution in [0.25, 0.3) is 0 Å². The maximum atomic E-state index is 13.6. The second-order valence-electron chi connectivity index (χ2n) is 10.9. The number of hydrogen-bond acceptors (Lipinski definition) is 3. The van der Waals surface area contributed by atoms with Gasteiger partial charge in [-0.2, -0.15) is 0 Å². The third-order valence-corrected chi connectivity index (χ3v) is 7.26. The summed E-state index contributed by atoms with van der Waals surface area (Å²) in [6.45, 7) is 11.1. The van der Waals surface area contributed by atoms with Crippen LogP contribution in [0.5, 0.6) is 0 Å². The van der Waals surface area contributed by atoms with Crippen molar-refractivity contribution in [3.8, 4) is 0 Å². The van der Waals surface area contributed by atoms with Crippen molar-refractivity contribution in [2.75, 3.05) is 32.7 Å². The van der Waals surface area contributed by atoms with Gasteiger partial charge in [0, 0.05) is 26.2 Å². The zero-order valence-corrected chi connectivity index (χ0v) is 21.6. The quantitative estimate of drug-likeness (QED) is 0.390. The molecule has 4 rings (SSSR count). The van der Waals surface area contributed by atoms with Gasteiger partial charge < -0.3 is 10.0 Å². The van der Waals surface area contributed by atoms with Gasteiger partial charge in [0.1, 0.15) is 11.6 Å². The Morgan fingerprint density at radius 2 is 1.19 bits per heavy atom. The third kappa shape index (κ3) is 6.78. The lowest BCUT2D eigenvalue weighted by Crippen LogP contribution is -2.48. The molecule has 1 fully saturated rings. The van der Waals surface area contributed by atoms with E-state index in [1.807, 2.05) is 24.3 Å². The number of nitrogens with zero attached hydrogens (tertiary/aromatic N) is 2. The molecule has 1 unspecified atom stereocenters. The van der Waals surface area contributed by atoms with Crippen molar-refractivity contribution in [3.63, 3.8) is 0 Å². The van der Waals surface area contributed by atoms with Crippen molar-refractivity contribution < 1.29 is 13.9 Å². The lowest BCUT2D eigenvalue weighted by atomic mass is 9.86. The first-order chi connectivity index (χ1) is 17.2. The highest BCUT2D eigenvalue weighted by Crippen LogP contribution is 2.30. The summed E-state index contributed by atoms with van der Waals surface area (Å²) in [6.07, 6.45) is 1.23. The van der Waals surface area contributed by atoms with Crippen molar-refractivity contribution in [1.82, 2.24) is 9.80 Å². The predicted molar refractivity (Wildman–Crippen MR) is 142 cm³/mol. The summed E-state index contributed by atoms with van der Waals surface area (Å²) in [5, 5.41) is 10.7. The van der Waals surface area contributed by atoms with Crippen LogP contribution in [-0.2, 0) is 5.41 Å². The normalized spacial score (nSPS) is 16.4. The number of rotatable bonds is 8. The average molecular weight is 493 g/mol. The van der Waals surface area contributed by atoms with Crippen molar-refractivity contribution in [3.05, 3.63) is 107 Å². The van der Waals surface area contributed by atoms with E-state index in [-0.39, 0.29) is 23.1 Å². The minimum absolute atomic E-state index is 0.0359. The third-order valence-electron chi connectivity index (χ3n) is 7.26. The minimum atomic E-state index is -0.443. The maximum Gasteiger partial charge on any atom is 0.123 e. The molecular weight excluding hydrogens is 454 g/mol. The van der Waals surface area contributed by atoms with Crippen LogP contribution >= 0.6 is 0 Å². The Labute approximate surface area is 214 Å². The molecule has 0 spiro atoms. The molecule has 1 saturated heterocycles. The minimum Gasteiger partial charge on any atom is -0.388 e. The fourth-order valence-electron chi connectivity index (χ4n) is 5.03. The smallest absolute Gasteiger partial charge is 0.123 e. The maximum absolute atomic E-state index is 13.6. The first-order valence-electron chi connectivity index (χ1n) is 13.0. The number of halogens is 2. The molecule has 1 aliphatic heterocycles. The zero-order chi connectivity index (χ0) is 25.7. The molecule has 192 valence electrons. The molecule has 1 atom stereocenters. The number of aliphatic hydroxyl groups is 1. The van der Waals surface area contributed by atoms with Crippen LogP contribution in [0.15, 0.2) is 72.8 Å². The lowest BCUT2D eigenvalue weighted by Gasteiger charge is -2.40. The molecule has 1 heterocycles. The number of hydrogen-bond donors (Lipinski definition) is 1. The number of benzene rings is 3. The Morgan fingerprint density at radius 3 is 1.67 bits per heavy atom. The Balaban J connectivity index is 1.31. The summed E-state index contributed by atoms with van der Waals surface area (Å²) in [5.74, 6) is -0.512. The van der Waals surface area contributed by atoms with Crippen LogP contribution in [0.2, 0.25) is 0 Å². The molecule has 0 aliphatic carbocycles. The van der Waals surface area contributed by atoms with Gasteiger partial charge >= 0.3 is 0 Å². The molecule has 3 nitrogen and oxygen atoms in total. The SMILES string of the molecule is CC(C)(C)c1ccc(C(O)CCCN2CCN(C(c3ccc(F)cc3)c3ccc(F)cc3)CC2)cc1. The predicted octanol–water partition coefficient (Wildman–Crippen LogP) is 6.48. The summed E-state index contributed by atoms with van der Waals surface area (Å²) in [6, 6.07) is 21.6. The van der Waals surface area contributed by atoms with Crippen LogP contribution in [-0.4, -0.2) is 47.6 Å². The molecule has 0 radical (unpaired) electrons. The van der Waals surface area contributed by atoms with Crippen LogP contribution in [0.3, 0.4) is 0 Å². The first-order valence-corrected chi connectivity index (χ1v) is 13.0.